The molecule has 0 fully saturated rings. The summed E-state index contributed by atoms with van der Waals surface area (Å²) in [5.41, 5.74) is 0.952. The van der Waals surface area contributed by atoms with E-state index in [9.17, 15) is 9.18 Å². The van der Waals surface area contributed by atoms with Gasteiger partial charge in [0.2, 0.25) is 5.91 Å². The Balaban J connectivity index is 2.03. The Morgan fingerprint density at radius 2 is 1.86 bits per heavy atom. The molecule has 0 atom stereocenters. The number of rotatable bonds is 9. The lowest BCUT2D eigenvalue weighted by Crippen LogP contribution is -2.39. The molecule has 0 radical (unpaired) electrons. The van der Waals surface area contributed by atoms with Gasteiger partial charge < -0.3 is 15.1 Å². The van der Waals surface area contributed by atoms with Crippen molar-refractivity contribution >= 4 is 28.1 Å². The number of nitrogens with one attached hydrogen (secondary N) is 1. The summed E-state index contributed by atoms with van der Waals surface area (Å²) < 4.78 is 13.3. The molecule has 154 valence electrons. The fourth-order valence-corrected chi connectivity index (χ4v) is 3.41. The second kappa shape index (κ2) is 9.98. The molecule has 1 aromatic heterocycles. The number of aromatic nitrogens is 1. The van der Waals surface area contributed by atoms with Crippen LogP contribution in [-0.4, -0.2) is 43.0 Å². The summed E-state index contributed by atoms with van der Waals surface area (Å²) in [6, 6.07) is 6.02. The Morgan fingerprint density at radius 3 is 2.46 bits per heavy atom. The van der Waals surface area contributed by atoms with Gasteiger partial charge in [0.05, 0.1) is 12.2 Å². The summed E-state index contributed by atoms with van der Waals surface area (Å²) >= 11 is 1.54. The summed E-state index contributed by atoms with van der Waals surface area (Å²) in [7, 11) is 4.15. The number of unbranched alkanes of at least 4 members (excludes halogenated alkanes) is 1. The Bertz CT molecular complexity index is 753. The first-order valence-electron chi connectivity index (χ1n) is 9.57. The van der Waals surface area contributed by atoms with Gasteiger partial charge in [-0.15, -0.1) is 11.3 Å². The number of hydrogen-bond acceptors (Lipinski definition) is 5. The van der Waals surface area contributed by atoms with Crippen LogP contribution >= 0.6 is 11.3 Å². The highest BCUT2D eigenvalue weighted by Crippen LogP contribution is 2.26. The van der Waals surface area contributed by atoms with Gasteiger partial charge in [0, 0.05) is 23.0 Å². The van der Waals surface area contributed by atoms with Crippen molar-refractivity contribution in [2.45, 2.75) is 40.2 Å². The number of anilines is 2. The SMILES string of the molecule is CN(C)CCCCNc1nc(CN(C(=O)C(C)(C)C)c2ccc(F)cc2)cs1. The summed E-state index contributed by atoms with van der Waals surface area (Å²) in [5.74, 6) is -0.341. The van der Waals surface area contributed by atoms with Crippen LogP contribution in [0, 0.1) is 11.2 Å². The van der Waals surface area contributed by atoms with Crippen LogP contribution in [0.15, 0.2) is 29.6 Å². The molecule has 0 aliphatic rings. The zero-order chi connectivity index (χ0) is 20.7. The third-order valence-electron chi connectivity index (χ3n) is 4.21. The first kappa shape index (κ1) is 22.3. The number of carbonyl (C=O) groups is 1. The molecule has 7 heteroatoms. The number of hydrogen-bond donors (Lipinski definition) is 1. The molecular formula is C21H31FN4OS. The highest BCUT2D eigenvalue weighted by atomic mass is 32.1. The number of benzene rings is 1. The van der Waals surface area contributed by atoms with Crippen molar-refractivity contribution < 1.29 is 9.18 Å². The molecule has 0 bridgehead atoms. The number of halogens is 1. The highest BCUT2D eigenvalue weighted by Gasteiger charge is 2.29. The number of amides is 1. The molecular weight excluding hydrogens is 375 g/mol. The lowest BCUT2D eigenvalue weighted by Gasteiger charge is -2.29. The van der Waals surface area contributed by atoms with E-state index in [4.69, 9.17) is 0 Å². The fraction of sp³-hybridized carbons (Fsp3) is 0.524. The average molecular weight is 407 g/mol. The summed E-state index contributed by atoms with van der Waals surface area (Å²) in [5, 5.41) is 6.18. The average Bonchev–Trinajstić information content (AvgIpc) is 3.06. The van der Waals surface area contributed by atoms with Gasteiger partial charge in [0.25, 0.3) is 0 Å². The molecule has 0 aliphatic heterocycles. The van der Waals surface area contributed by atoms with Gasteiger partial charge in [0.15, 0.2) is 5.13 Å². The topological polar surface area (TPSA) is 48.5 Å². The molecule has 1 amide bonds. The summed E-state index contributed by atoms with van der Waals surface area (Å²) in [6.45, 7) is 7.96. The number of nitrogens with zero attached hydrogens (tertiary/aromatic N) is 3. The van der Waals surface area contributed by atoms with Crippen molar-refractivity contribution in [2.24, 2.45) is 5.41 Å². The lowest BCUT2D eigenvalue weighted by atomic mass is 9.94. The van der Waals surface area contributed by atoms with E-state index >= 15 is 0 Å². The molecule has 1 aromatic carbocycles. The monoisotopic (exact) mass is 406 g/mol. The van der Waals surface area contributed by atoms with Gasteiger partial charge in [-0.25, -0.2) is 9.37 Å². The molecule has 2 rings (SSSR count). The fourth-order valence-electron chi connectivity index (χ4n) is 2.68. The van der Waals surface area contributed by atoms with Gasteiger partial charge in [-0.3, -0.25) is 4.79 Å². The molecule has 0 saturated heterocycles. The molecule has 5 nitrogen and oxygen atoms in total. The summed E-state index contributed by atoms with van der Waals surface area (Å²) in [6.07, 6.45) is 2.22. The maximum atomic E-state index is 13.3. The minimum atomic E-state index is -0.544. The Hall–Kier alpha value is -1.99. The maximum absolute atomic E-state index is 13.3. The van der Waals surface area contributed by atoms with E-state index in [0.717, 1.165) is 36.8 Å². The van der Waals surface area contributed by atoms with Crippen molar-refractivity contribution in [2.75, 3.05) is 37.4 Å². The second-order valence-electron chi connectivity index (χ2n) is 8.20. The van der Waals surface area contributed by atoms with E-state index < -0.39 is 5.41 Å². The zero-order valence-electron chi connectivity index (χ0n) is 17.5. The van der Waals surface area contributed by atoms with Crippen LogP contribution in [0.1, 0.15) is 39.3 Å². The van der Waals surface area contributed by atoms with Crippen molar-refractivity contribution in [1.29, 1.82) is 0 Å². The molecule has 1 N–H and O–H groups in total. The molecule has 0 aliphatic carbocycles. The highest BCUT2D eigenvalue weighted by molar-refractivity contribution is 7.13. The van der Waals surface area contributed by atoms with Gasteiger partial charge in [-0.1, -0.05) is 20.8 Å². The number of thiazole rings is 1. The van der Waals surface area contributed by atoms with E-state index in [2.05, 4.69) is 29.3 Å². The normalized spacial score (nSPS) is 11.7. The van der Waals surface area contributed by atoms with Crippen LogP contribution in [0.4, 0.5) is 15.2 Å². The van der Waals surface area contributed by atoms with Gasteiger partial charge in [-0.05, 0) is 57.7 Å². The van der Waals surface area contributed by atoms with Crippen LogP contribution in [0.25, 0.3) is 0 Å². The quantitative estimate of drug-likeness (QED) is 0.618. The van der Waals surface area contributed by atoms with Crippen molar-refractivity contribution in [1.82, 2.24) is 9.88 Å². The van der Waals surface area contributed by atoms with E-state index in [-0.39, 0.29) is 11.7 Å². The van der Waals surface area contributed by atoms with Crippen LogP contribution in [0.5, 0.6) is 0 Å². The minimum Gasteiger partial charge on any atom is -0.362 e. The number of carbonyl (C=O) groups excluding carboxylic acids is 1. The van der Waals surface area contributed by atoms with Gasteiger partial charge in [-0.2, -0.15) is 0 Å². The van der Waals surface area contributed by atoms with Crippen molar-refractivity contribution in [3.8, 4) is 0 Å². The van der Waals surface area contributed by atoms with E-state index in [1.54, 1.807) is 28.4 Å². The standard InChI is InChI=1S/C21H31FN4OS/c1-21(2,3)19(27)26(18-10-8-16(22)9-11-18)14-17-15-28-20(24-17)23-12-6-7-13-25(4)5/h8-11,15H,6-7,12-14H2,1-5H3,(H,23,24). The van der Waals surface area contributed by atoms with Crippen molar-refractivity contribution in [3.05, 3.63) is 41.2 Å². The van der Waals surface area contributed by atoms with E-state index in [1.807, 2.05) is 26.2 Å². The predicted octanol–water partition coefficient (Wildman–Crippen LogP) is 4.62. The molecule has 0 saturated carbocycles. The van der Waals surface area contributed by atoms with Crippen LogP contribution in [0.3, 0.4) is 0 Å². The Kier molecular flexibility index (Phi) is 7.95. The molecule has 0 unspecified atom stereocenters. The third-order valence-corrected chi connectivity index (χ3v) is 5.05. The van der Waals surface area contributed by atoms with E-state index in [0.29, 0.717) is 12.2 Å². The second-order valence-corrected chi connectivity index (χ2v) is 9.06. The van der Waals surface area contributed by atoms with E-state index in [1.165, 1.54) is 12.1 Å². The van der Waals surface area contributed by atoms with Crippen LogP contribution in [0.2, 0.25) is 0 Å². The van der Waals surface area contributed by atoms with Crippen LogP contribution < -0.4 is 10.2 Å². The Morgan fingerprint density at radius 1 is 1.18 bits per heavy atom. The van der Waals surface area contributed by atoms with Crippen molar-refractivity contribution in [3.63, 3.8) is 0 Å². The maximum Gasteiger partial charge on any atom is 0.232 e. The van der Waals surface area contributed by atoms with Gasteiger partial charge in [0.1, 0.15) is 5.82 Å². The minimum absolute atomic E-state index is 0.0229. The molecule has 0 spiro atoms. The molecule has 2 aromatic rings. The first-order chi connectivity index (χ1) is 13.2. The smallest absolute Gasteiger partial charge is 0.232 e. The largest absolute Gasteiger partial charge is 0.362 e. The Labute approximate surface area is 171 Å². The molecule has 1 heterocycles. The predicted molar refractivity (Wildman–Crippen MR) is 115 cm³/mol. The molecule has 28 heavy (non-hydrogen) atoms. The third kappa shape index (κ3) is 6.87. The first-order valence-corrected chi connectivity index (χ1v) is 10.5. The summed E-state index contributed by atoms with van der Waals surface area (Å²) in [4.78, 5) is 21.4. The van der Waals surface area contributed by atoms with Gasteiger partial charge >= 0.3 is 0 Å². The lowest BCUT2D eigenvalue weighted by molar-refractivity contribution is -0.125. The van der Waals surface area contributed by atoms with Crippen LogP contribution in [-0.2, 0) is 11.3 Å². The zero-order valence-corrected chi connectivity index (χ0v) is 18.3.